The van der Waals surface area contributed by atoms with E-state index in [-0.39, 0.29) is 23.2 Å². The highest BCUT2D eigenvalue weighted by atomic mass is 35.5. The van der Waals surface area contributed by atoms with Gasteiger partial charge in [-0.2, -0.15) is 5.10 Å². The predicted octanol–water partition coefficient (Wildman–Crippen LogP) is 6.66. The molecule has 0 bridgehead atoms. The summed E-state index contributed by atoms with van der Waals surface area (Å²) in [6.07, 6.45) is 7.41. The lowest BCUT2D eigenvalue weighted by Gasteiger charge is -2.41. The maximum Gasteiger partial charge on any atom is 0.261 e. The van der Waals surface area contributed by atoms with Crippen LogP contribution in [0.1, 0.15) is 62.5 Å². The Morgan fingerprint density at radius 2 is 1.83 bits per heavy atom. The van der Waals surface area contributed by atoms with Gasteiger partial charge < -0.3 is 14.5 Å². The summed E-state index contributed by atoms with van der Waals surface area (Å²) in [5.74, 6) is 0.300. The maximum atomic E-state index is 13.1. The van der Waals surface area contributed by atoms with Crippen molar-refractivity contribution in [3.05, 3.63) is 52.9 Å². The van der Waals surface area contributed by atoms with Crippen molar-refractivity contribution in [1.29, 1.82) is 0 Å². The number of carbonyl (C=O) groups excluding carboxylic acids is 1. The summed E-state index contributed by atoms with van der Waals surface area (Å²) in [4.78, 5) is 17.5. The van der Waals surface area contributed by atoms with Gasteiger partial charge in [0, 0.05) is 23.0 Å². The Bertz CT molecular complexity index is 1210. The van der Waals surface area contributed by atoms with Crippen LogP contribution in [0.4, 0.5) is 5.69 Å². The van der Waals surface area contributed by atoms with Gasteiger partial charge in [0.2, 0.25) is 0 Å². The van der Waals surface area contributed by atoms with Gasteiger partial charge >= 0.3 is 0 Å². The van der Waals surface area contributed by atoms with Crippen LogP contribution in [0.15, 0.2) is 36.7 Å². The minimum Gasteiger partial charge on any atom is -0.488 e. The second-order valence-corrected chi connectivity index (χ2v) is 16.1. The molecule has 2 heterocycles. The molecule has 35 heavy (non-hydrogen) atoms. The van der Waals surface area contributed by atoms with Gasteiger partial charge in [-0.3, -0.25) is 4.79 Å². The molecule has 0 unspecified atom stereocenters. The smallest absolute Gasteiger partial charge is 0.261 e. The molecule has 0 saturated heterocycles. The Labute approximate surface area is 213 Å². The average Bonchev–Trinajstić information content (AvgIpc) is 3.19. The molecule has 9 heteroatoms. The summed E-state index contributed by atoms with van der Waals surface area (Å²) in [5.41, 5.74) is 2.25. The summed E-state index contributed by atoms with van der Waals surface area (Å²) < 4.78 is 14.6. The number of rotatable bonds is 6. The molecule has 1 aromatic carbocycles. The van der Waals surface area contributed by atoms with Crippen molar-refractivity contribution in [1.82, 2.24) is 14.6 Å². The Balaban J connectivity index is 1.43. The first-order valence-electron chi connectivity index (χ1n) is 12.2. The number of fused-ring (bicyclic) bond motifs is 1. The SMILES string of the molecule is Cc1ccn2ncc(C(=O)Nc3cc(Cl)ccc3OC3CCC(O[Si](C)(C)C(C)(C)C)CC3)c2n1. The molecule has 0 aliphatic heterocycles. The van der Waals surface area contributed by atoms with Crippen molar-refractivity contribution in [2.45, 2.75) is 83.7 Å². The van der Waals surface area contributed by atoms with E-state index in [0.29, 0.717) is 27.7 Å². The number of aromatic nitrogens is 3. The predicted molar refractivity (Wildman–Crippen MR) is 142 cm³/mol. The quantitative estimate of drug-likeness (QED) is 0.372. The summed E-state index contributed by atoms with van der Waals surface area (Å²) >= 11 is 6.25. The van der Waals surface area contributed by atoms with Crippen molar-refractivity contribution in [3.8, 4) is 5.75 Å². The van der Waals surface area contributed by atoms with Crippen LogP contribution in [0.2, 0.25) is 23.2 Å². The van der Waals surface area contributed by atoms with Crippen LogP contribution in [0.3, 0.4) is 0 Å². The number of hydrogen-bond acceptors (Lipinski definition) is 5. The van der Waals surface area contributed by atoms with Crippen LogP contribution in [-0.4, -0.2) is 41.0 Å². The van der Waals surface area contributed by atoms with E-state index in [2.05, 4.69) is 49.3 Å². The van der Waals surface area contributed by atoms with Crippen molar-refractivity contribution in [2.24, 2.45) is 0 Å². The molecule has 3 aromatic rings. The van der Waals surface area contributed by atoms with E-state index in [0.717, 1.165) is 31.4 Å². The van der Waals surface area contributed by atoms with Gasteiger partial charge in [-0.15, -0.1) is 0 Å². The molecule has 1 amide bonds. The zero-order valence-corrected chi connectivity index (χ0v) is 23.1. The number of anilines is 1. The molecule has 2 aromatic heterocycles. The zero-order valence-electron chi connectivity index (χ0n) is 21.4. The summed E-state index contributed by atoms with van der Waals surface area (Å²) in [5, 5.41) is 7.90. The van der Waals surface area contributed by atoms with Crippen LogP contribution >= 0.6 is 11.6 Å². The first-order valence-corrected chi connectivity index (χ1v) is 15.5. The highest BCUT2D eigenvalue weighted by Gasteiger charge is 2.40. The second-order valence-electron chi connectivity index (χ2n) is 10.9. The van der Waals surface area contributed by atoms with Crippen LogP contribution < -0.4 is 10.1 Å². The second kappa shape index (κ2) is 9.91. The molecule has 1 saturated carbocycles. The van der Waals surface area contributed by atoms with Gasteiger partial charge in [0.1, 0.15) is 11.3 Å². The van der Waals surface area contributed by atoms with Gasteiger partial charge in [-0.1, -0.05) is 32.4 Å². The van der Waals surface area contributed by atoms with Gasteiger partial charge in [-0.25, -0.2) is 9.50 Å². The first-order chi connectivity index (χ1) is 16.4. The van der Waals surface area contributed by atoms with Crippen molar-refractivity contribution >= 4 is 37.2 Å². The van der Waals surface area contributed by atoms with E-state index >= 15 is 0 Å². The Morgan fingerprint density at radius 1 is 1.14 bits per heavy atom. The normalized spacial score (nSPS) is 19.1. The molecule has 0 spiro atoms. The minimum absolute atomic E-state index is 0.0624. The fourth-order valence-electron chi connectivity index (χ4n) is 4.05. The number of ether oxygens (including phenoxy) is 1. The molecule has 1 N–H and O–H groups in total. The molecule has 188 valence electrons. The number of hydrogen-bond donors (Lipinski definition) is 1. The fourth-order valence-corrected chi connectivity index (χ4v) is 5.65. The monoisotopic (exact) mass is 514 g/mol. The maximum absolute atomic E-state index is 13.1. The summed E-state index contributed by atoms with van der Waals surface area (Å²) in [7, 11) is -1.79. The van der Waals surface area contributed by atoms with Crippen molar-refractivity contribution < 1.29 is 14.0 Å². The standard InChI is InChI=1S/C26H35ClN4O3Si/c1-17-13-14-31-24(29-17)21(16-28-31)25(32)30-22-15-18(27)7-12-23(22)33-19-8-10-20(11-9-19)34-35(5,6)26(2,3)4/h7,12-16,19-20H,8-11H2,1-6H3,(H,30,32). The lowest BCUT2D eigenvalue weighted by molar-refractivity contribution is 0.0729. The van der Waals surface area contributed by atoms with E-state index in [1.807, 2.05) is 19.1 Å². The topological polar surface area (TPSA) is 77.8 Å². The fraction of sp³-hybridized carbons (Fsp3) is 0.500. The summed E-state index contributed by atoms with van der Waals surface area (Å²) in [6, 6.07) is 7.15. The Kier molecular flexibility index (Phi) is 7.27. The number of benzene rings is 1. The molecule has 4 rings (SSSR count). The molecule has 0 radical (unpaired) electrons. The van der Waals surface area contributed by atoms with Gasteiger partial charge in [0.05, 0.1) is 18.0 Å². The highest BCUT2D eigenvalue weighted by Crippen LogP contribution is 2.40. The molecule has 0 atom stereocenters. The molecular formula is C26H35ClN4O3Si. The van der Waals surface area contributed by atoms with Gasteiger partial charge in [0.25, 0.3) is 5.91 Å². The van der Waals surface area contributed by atoms with E-state index in [1.54, 1.807) is 22.8 Å². The third-order valence-corrected chi connectivity index (χ3v) is 11.9. The van der Waals surface area contributed by atoms with Crippen LogP contribution in [0.25, 0.3) is 5.65 Å². The van der Waals surface area contributed by atoms with Crippen LogP contribution in [-0.2, 0) is 4.43 Å². The van der Waals surface area contributed by atoms with E-state index in [4.69, 9.17) is 20.8 Å². The Hall–Kier alpha value is -2.42. The number of halogens is 1. The lowest BCUT2D eigenvalue weighted by atomic mass is 9.95. The average molecular weight is 515 g/mol. The van der Waals surface area contributed by atoms with Gasteiger partial charge in [-0.05, 0) is 75.0 Å². The van der Waals surface area contributed by atoms with E-state index in [9.17, 15) is 4.79 Å². The molecular weight excluding hydrogens is 480 g/mol. The number of aryl methyl sites for hydroxylation is 1. The highest BCUT2D eigenvalue weighted by molar-refractivity contribution is 6.74. The van der Waals surface area contributed by atoms with Crippen molar-refractivity contribution in [2.75, 3.05) is 5.32 Å². The largest absolute Gasteiger partial charge is 0.488 e. The van der Waals surface area contributed by atoms with Crippen LogP contribution in [0, 0.1) is 6.92 Å². The summed E-state index contributed by atoms with van der Waals surface area (Å²) in [6.45, 7) is 13.3. The molecule has 1 fully saturated rings. The molecule has 1 aliphatic carbocycles. The minimum atomic E-state index is -1.79. The third kappa shape index (κ3) is 5.87. The van der Waals surface area contributed by atoms with Crippen LogP contribution in [0.5, 0.6) is 5.75 Å². The number of nitrogens with one attached hydrogen (secondary N) is 1. The zero-order chi connectivity index (χ0) is 25.4. The number of amides is 1. The lowest BCUT2D eigenvalue weighted by Crippen LogP contribution is -2.45. The van der Waals surface area contributed by atoms with E-state index in [1.165, 1.54) is 6.20 Å². The molecule has 7 nitrogen and oxygen atoms in total. The first kappa shape index (κ1) is 25.7. The Morgan fingerprint density at radius 3 is 2.51 bits per heavy atom. The third-order valence-electron chi connectivity index (χ3n) is 7.13. The van der Waals surface area contributed by atoms with Crippen molar-refractivity contribution in [3.63, 3.8) is 0 Å². The van der Waals surface area contributed by atoms with E-state index < -0.39 is 8.32 Å². The van der Waals surface area contributed by atoms with Gasteiger partial charge in [0.15, 0.2) is 14.0 Å². The number of nitrogens with zero attached hydrogens (tertiary/aromatic N) is 3. The molecule has 1 aliphatic rings. The number of carbonyl (C=O) groups is 1.